The monoisotopic (exact) mass is 291 g/mol. The van der Waals surface area contributed by atoms with Gasteiger partial charge in [0.05, 0.1) is 0 Å². The molecule has 1 atom stereocenters. The Morgan fingerprint density at radius 3 is 2.85 bits per heavy atom. The third-order valence-electron chi connectivity index (χ3n) is 3.32. The smallest absolute Gasteiger partial charge is 0.157 e. The molecule has 1 aromatic rings. The molecule has 0 N–H and O–H groups in total. The van der Waals surface area contributed by atoms with Crippen LogP contribution in [-0.2, 0) is 11.2 Å². The number of aromatic nitrogens is 1. The number of rotatable bonds is 3. The Hall–Kier alpha value is -1.18. The first kappa shape index (κ1) is 15.2. The third kappa shape index (κ3) is 4.73. The van der Waals surface area contributed by atoms with Crippen LogP contribution in [0.15, 0.2) is 12.3 Å². The Morgan fingerprint density at radius 1 is 1.45 bits per heavy atom. The molecule has 1 aliphatic heterocycles. The summed E-state index contributed by atoms with van der Waals surface area (Å²) in [6.45, 7) is 8.11. The molecule has 4 heteroatoms. The van der Waals surface area contributed by atoms with Crippen molar-refractivity contribution in [2.75, 3.05) is 13.2 Å². The summed E-state index contributed by atoms with van der Waals surface area (Å²) < 4.78 is 19.3. The first-order chi connectivity index (χ1) is 9.44. The van der Waals surface area contributed by atoms with Gasteiger partial charge in [0.15, 0.2) is 5.82 Å². The van der Waals surface area contributed by atoms with Gasteiger partial charge in [0.2, 0.25) is 0 Å². The number of nitrogens with zero attached hydrogens (tertiary/aromatic N) is 1. The molecule has 108 valence electrons. The van der Waals surface area contributed by atoms with Crippen LogP contribution in [0.25, 0.3) is 0 Å². The lowest BCUT2D eigenvalue weighted by Crippen LogP contribution is -2.16. The van der Waals surface area contributed by atoms with Crippen molar-refractivity contribution in [3.8, 4) is 11.5 Å². The molecule has 0 bridgehead atoms. The van der Waals surface area contributed by atoms with E-state index in [4.69, 9.17) is 4.74 Å². The molecule has 0 spiro atoms. The SMILES string of the molecule is C[Si](C)(C)C#Cc1ncc(CC[C@H]2CCOC2)cc1F. The molecule has 20 heavy (non-hydrogen) atoms. The fourth-order valence-electron chi connectivity index (χ4n) is 2.13. The van der Waals surface area contributed by atoms with Crippen LogP contribution in [0.5, 0.6) is 0 Å². The van der Waals surface area contributed by atoms with Gasteiger partial charge in [0.25, 0.3) is 0 Å². The first-order valence-corrected chi connectivity index (χ1v) is 10.7. The summed E-state index contributed by atoms with van der Waals surface area (Å²) >= 11 is 0. The van der Waals surface area contributed by atoms with E-state index in [1.54, 1.807) is 12.3 Å². The van der Waals surface area contributed by atoms with Gasteiger partial charge in [0, 0.05) is 19.4 Å². The van der Waals surface area contributed by atoms with Crippen LogP contribution in [-0.4, -0.2) is 26.3 Å². The molecular formula is C16H22FNOSi. The second-order valence-electron chi connectivity index (χ2n) is 6.44. The van der Waals surface area contributed by atoms with Crippen molar-refractivity contribution in [2.45, 2.75) is 38.9 Å². The molecule has 0 amide bonds. The molecular weight excluding hydrogens is 269 g/mol. The lowest BCUT2D eigenvalue weighted by atomic mass is 10.00. The topological polar surface area (TPSA) is 22.1 Å². The average Bonchev–Trinajstić information content (AvgIpc) is 2.87. The van der Waals surface area contributed by atoms with Crippen LogP contribution in [0.4, 0.5) is 4.39 Å². The van der Waals surface area contributed by atoms with Gasteiger partial charge in [-0.1, -0.05) is 25.6 Å². The van der Waals surface area contributed by atoms with Crippen LogP contribution < -0.4 is 0 Å². The van der Waals surface area contributed by atoms with E-state index in [0.29, 0.717) is 5.92 Å². The number of hydrogen-bond acceptors (Lipinski definition) is 2. The van der Waals surface area contributed by atoms with E-state index in [1.807, 2.05) is 0 Å². The lowest BCUT2D eigenvalue weighted by Gasteiger charge is -2.07. The standard InChI is InChI=1S/C16H22FNOSi/c1-20(2,3)9-7-16-15(17)10-14(11-18-16)5-4-13-6-8-19-12-13/h10-11,13H,4-6,8,12H2,1-3H3/t13-/m0/s1. The largest absolute Gasteiger partial charge is 0.381 e. The molecule has 1 aromatic heterocycles. The molecule has 0 radical (unpaired) electrons. The molecule has 1 fully saturated rings. The predicted molar refractivity (Wildman–Crippen MR) is 81.7 cm³/mol. The van der Waals surface area contributed by atoms with Crippen molar-refractivity contribution in [3.63, 3.8) is 0 Å². The molecule has 0 saturated carbocycles. The number of hydrogen-bond donors (Lipinski definition) is 0. The van der Waals surface area contributed by atoms with E-state index >= 15 is 0 Å². The normalized spacial score (nSPS) is 18.7. The zero-order chi connectivity index (χ0) is 14.6. The summed E-state index contributed by atoms with van der Waals surface area (Å²) in [7, 11) is -1.49. The van der Waals surface area contributed by atoms with Crippen LogP contribution in [0.2, 0.25) is 19.6 Å². The minimum atomic E-state index is -1.49. The summed E-state index contributed by atoms with van der Waals surface area (Å²) in [5, 5.41) is 0. The second-order valence-corrected chi connectivity index (χ2v) is 11.2. The Morgan fingerprint density at radius 2 is 2.25 bits per heavy atom. The highest BCUT2D eigenvalue weighted by atomic mass is 28.3. The molecule has 2 heterocycles. The molecule has 0 aromatic carbocycles. The van der Waals surface area contributed by atoms with E-state index in [9.17, 15) is 4.39 Å². The Kier molecular flexibility index (Phi) is 4.95. The molecule has 0 unspecified atom stereocenters. The van der Waals surface area contributed by atoms with Gasteiger partial charge in [0.1, 0.15) is 13.8 Å². The van der Waals surface area contributed by atoms with Crippen molar-refractivity contribution >= 4 is 8.07 Å². The van der Waals surface area contributed by atoms with Crippen molar-refractivity contribution in [2.24, 2.45) is 5.92 Å². The maximum absolute atomic E-state index is 14.0. The molecule has 2 nitrogen and oxygen atoms in total. The molecule has 1 saturated heterocycles. The van der Waals surface area contributed by atoms with Gasteiger partial charge < -0.3 is 4.74 Å². The van der Waals surface area contributed by atoms with Gasteiger partial charge in [-0.25, -0.2) is 9.37 Å². The van der Waals surface area contributed by atoms with Gasteiger partial charge in [-0.3, -0.25) is 0 Å². The zero-order valence-electron chi connectivity index (χ0n) is 12.5. The fourth-order valence-corrected chi connectivity index (χ4v) is 2.63. The van der Waals surface area contributed by atoms with Crippen molar-refractivity contribution < 1.29 is 9.13 Å². The van der Waals surface area contributed by atoms with E-state index in [0.717, 1.165) is 38.0 Å². The summed E-state index contributed by atoms with van der Waals surface area (Å²) in [6, 6.07) is 1.58. The van der Waals surface area contributed by atoms with E-state index in [2.05, 4.69) is 36.1 Å². The summed E-state index contributed by atoms with van der Waals surface area (Å²) in [5.74, 6) is 3.20. The Bertz CT molecular complexity index is 522. The van der Waals surface area contributed by atoms with Gasteiger partial charge >= 0.3 is 0 Å². The summed E-state index contributed by atoms with van der Waals surface area (Å²) in [6.07, 6.45) is 4.78. The molecule has 1 aliphatic rings. The highest BCUT2D eigenvalue weighted by molar-refractivity contribution is 6.83. The lowest BCUT2D eigenvalue weighted by molar-refractivity contribution is 0.184. The van der Waals surface area contributed by atoms with Gasteiger partial charge in [-0.2, -0.15) is 0 Å². The van der Waals surface area contributed by atoms with Gasteiger partial charge in [-0.15, -0.1) is 5.54 Å². The van der Waals surface area contributed by atoms with Crippen LogP contribution >= 0.6 is 0 Å². The zero-order valence-corrected chi connectivity index (χ0v) is 13.5. The number of aryl methyl sites for hydroxylation is 1. The van der Waals surface area contributed by atoms with Gasteiger partial charge in [-0.05, 0) is 36.8 Å². The minimum Gasteiger partial charge on any atom is -0.381 e. The third-order valence-corrected chi connectivity index (χ3v) is 4.19. The molecule has 2 rings (SSSR count). The fraction of sp³-hybridized carbons (Fsp3) is 0.562. The van der Waals surface area contributed by atoms with Crippen molar-refractivity contribution in [1.29, 1.82) is 0 Å². The maximum atomic E-state index is 14.0. The second kappa shape index (κ2) is 6.51. The average molecular weight is 291 g/mol. The quantitative estimate of drug-likeness (QED) is 0.629. The van der Waals surface area contributed by atoms with E-state index in [1.165, 1.54) is 0 Å². The number of halogens is 1. The minimum absolute atomic E-state index is 0.278. The maximum Gasteiger partial charge on any atom is 0.157 e. The predicted octanol–water partition coefficient (Wildman–Crippen LogP) is 3.42. The van der Waals surface area contributed by atoms with Crippen molar-refractivity contribution in [3.05, 3.63) is 29.3 Å². The van der Waals surface area contributed by atoms with E-state index in [-0.39, 0.29) is 11.5 Å². The Balaban J connectivity index is 1.99. The Labute approximate surface area is 121 Å². The first-order valence-electron chi connectivity index (χ1n) is 7.19. The highest BCUT2D eigenvalue weighted by Crippen LogP contribution is 2.19. The van der Waals surface area contributed by atoms with Crippen LogP contribution in [0.1, 0.15) is 24.1 Å². The van der Waals surface area contributed by atoms with Crippen molar-refractivity contribution in [1.82, 2.24) is 4.98 Å². The number of pyridine rings is 1. The highest BCUT2D eigenvalue weighted by Gasteiger charge is 2.15. The summed E-state index contributed by atoms with van der Waals surface area (Å²) in [4.78, 5) is 4.17. The summed E-state index contributed by atoms with van der Waals surface area (Å²) in [5.41, 5.74) is 4.37. The van der Waals surface area contributed by atoms with Crippen LogP contribution in [0.3, 0.4) is 0 Å². The molecule has 0 aliphatic carbocycles. The van der Waals surface area contributed by atoms with Crippen LogP contribution in [0, 0.1) is 23.2 Å². The van der Waals surface area contributed by atoms with E-state index < -0.39 is 8.07 Å². The number of ether oxygens (including phenoxy) is 1.